The molecule has 3 rings (SSSR count). The van der Waals surface area contributed by atoms with Crippen molar-refractivity contribution in [2.45, 2.75) is 6.61 Å². The first kappa shape index (κ1) is 12.8. The van der Waals surface area contributed by atoms with Gasteiger partial charge >= 0.3 is 0 Å². The molecule has 0 saturated carbocycles. The molecular weight excluding hydrogens is 270 g/mol. The molecular formula is C16H15NO2S. The lowest BCUT2D eigenvalue weighted by Gasteiger charge is -2.06. The van der Waals surface area contributed by atoms with Gasteiger partial charge in [0.25, 0.3) is 0 Å². The van der Waals surface area contributed by atoms with Gasteiger partial charge in [0.2, 0.25) is 0 Å². The Labute approximate surface area is 121 Å². The van der Waals surface area contributed by atoms with Crippen molar-refractivity contribution in [3.05, 3.63) is 53.4 Å². The minimum absolute atomic E-state index is 0.537. The molecule has 0 aliphatic carbocycles. The fourth-order valence-electron chi connectivity index (χ4n) is 2.08. The van der Waals surface area contributed by atoms with Crippen LogP contribution in [0.15, 0.2) is 47.8 Å². The number of nitrogens with two attached hydrogens (primary N) is 1. The Morgan fingerprint density at radius 2 is 1.80 bits per heavy atom. The molecule has 3 nitrogen and oxygen atoms in total. The number of benzene rings is 2. The van der Waals surface area contributed by atoms with Crippen LogP contribution in [-0.2, 0) is 6.61 Å². The minimum Gasteiger partial charge on any atom is -0.497 e. The number of nitrogen functional groups attached to an aromatic ring is 1. The first-order valence-electron chi connectivity index (χ1n) is 6.29. The van der Waals surface area contributed by atoms with Gasteiger partial charge in [-0.1, -0.05) is 12.1 Å². The molecule has 102 valence electrons. The van der Waals surface area contributed by atoms with E-state index in [-0.39, 0.29) is 0 Å². The quantitative estimate of drug-likeness (QED) is 0.735. The van der Waals surface area contributed by atoms with Crippen molar-refractivity contribution < 1.29 is 9.47 Å². The topological polar surface area (TPSA) is 44.5 Å². The average molecular weight is 285 g/mol. The monoisotopic (exact) mass is 285 g/mol. The molecule has 4 heteroatoms. The lowest BCUT2D eigenvalue weighted by molar-refractivity contribution is 0.307. The first-order valence-corrected chi connectivity index (χ1v) is 7.17. The van der Waals surface area contributed by atoms with Crippen LogP contribution in [0.3, 0.4) is 0 Å². The molecule has 2 N–H and O–H groups in total. The lowest BCUT2D eigenvalue weighted by atomic mass is 10.2. The van der Waals surface area contributed by atoms with Crippen LogP contribution in [0.4, 0.5) is 5.69 Å². The maximum Gasteiger partial charge on any atom is 0.120 e. The van der Waals surface area contributed by atoms with Crippen LogP contribution in [0.2, 0.25) is 0 Å². The standard InChI is InChI=1S/C16H15NO2S/c1-18-12-5-7-13(8-6-12)19-9-11-10-20-16-14(11)3-2-4-15(16)17/h2-8,10H,9,17H2,1H3. The van der Waals surface area contributed by atoms with E-state index in [1.807, 2.05) is 36.4 Å². The highest BCUT2D eigenvalue weighted by Gasteiger charge is 2.06. The Kier molecular flexibility index (Phi) is 3.48. The summed E-state index contributed by atoms with van der Waals surface area (Å²) in [5.74, 6) is 1.65. The van der Waals surface area contributed by atoms with Crippen molar-refractivity contribution in [2.75, 3.05) is 12.8 Å². The van der Waals surface area contributed by atoms with E-state index in [0.717, 1.165) is 27.4 Å². The van der Waals surface area contributed by atoms with Gasteiger partial charge in [0.05, 0.1) is 11.8 Å². The maximum atomic E-state index is 5.96. The van der Waals surface area contributed by atoms with Crippen molar-refractivity contribution in [3.63, 3.8) is 0 Å². The molecule has 20 heavy (non-hydrogen) atoms. The van der Waals surface area contributed by atoms with Crippen molar-refractivity contribution >= 4 is 27.1 Å². The van der Waals surface area contributed by atoms with E-state index >= 15 is 0 Å². The van der Waals surface area contributed by atoms with Gasteiger partial charge in [-0.05, 0) is 35.7 Å². The van der Waals surface area contributed by atoms with E-state index in [1.54, 1.807) is 18.4 Å². The second-order valence-corrected chi connectivity index (χ2v) is 5.33. The maximum absolute atomic E-state index is 5.96. The van der Waals surface area contributed by atoms with Gasteiger partial charge in [0.1, 0.15) is 18.1 Å². The summed E-state index contributed by atoms with van der Waals surface area (Å²) >= 11 is 1.66. The largest absolute Gasteiger partial charge is 0.497 e. The summed E-state index contributed by atoms with van der Waals surface area (Å²) in [4.78, 5) is 0. The predicted molar refractivity (Wildman–Crippen MR) is 83.6 cm³/mol. The number of hydrogen-bond donors (Lipinski definition) is 1. The molecule has 3 aromatic rings. The number of hydrogen-bond acceptors (Lipinski definition) is 4. The Balaban J connectivity index is 1.78. The highest BCUT2D eigenvalue weighted by atomic mass is 32.1. The number of thiophene rings is 1. The van der Waals surface area contributed by atoms with Crippen LogP contribution in [0.25, 0.3) is 10.1 Å². The molecule has 0 atom stereocenters. The third kappa shape index (κ3) is 2.42. The van der Waals surface area contributed by atoms with Gasteiger partial charge in [-0.25, -0.2) is 0 Å². The van der Waals surface area contributed by atoms with E-state index < -0.39 is 0 Å². The molecule has 0 spiro atoms. The highest BCUT2D eigenvalue weighted by Crippen LogP contribution is 2.31. The Morgan fingerprint density at radius 1 is 1.05 bits per heavy atom. The summed E-state index contributed by atoms with van der Waals surface area (Å²) in [6, 6.07) is 13.6. The smallest absolute Gasteiger partial charge is 0.120 e. The van der Waals surface area contributed by atoms with Gasteiger partial charge in [-0.15, -0.1) is 11.3 Å². The van der Waals surface area contributed by atoms with Crippen molar-refractivity contribution in [3.8, 4) is 11.5 Å². The van der Waals surface area contributed by atoms with Crippen LogP contribution in [0, 0.1) is 0 Å². The summed E-state index contributed by atoms with van der Waals surface area (Å²) < 4.78 is 12.1. The van der Waals surface area contributed by atoms with Gasteiger partial charge in [-0.2, -0.15) is 0 Å². The number of methoxy groups -OCH3 is 1. The van der Waals surface area contributed by atoms with Crippen LogP contribution >= 0.6 is 11.3 Å². The van der Waals surface area contributed by atoms with Crippen LogP contribution in [-0.4, -0.2) is 7.11 Å². The molecule has 0 aliphatic heterocycles. The van der Waals surface area contributed by atoms with Gasteiger partial charge < -0.3 is 15.2 Å². The Hall–Kier alpha value is -2.20. The SMILES string of the molecule is COc1ccc(OCc2csc3c(N)cccc23)cc1. The van der Waals surface area contributed by atoms with Crippen molar-refractivity contribution in [2.24, 2.45) is 0 Å². The average Bonchev–Trinajstić information content (AvgIpc) is 2.90. The van der Waals surface area contributed by atoms with E-state index in [9.17, 15) is 0 Å². The molecule has 0 unspecified atom stereocenters. The summed E-state index contributed by atoms with van der Waals surface area (Å²) in [5, 5.41) is 3.27. The van der Waals surface area contributed by atoms with E-state index in [2.05, 4.69) is 11.4 Å². The third-order valence-electron chi connectivity index (χ3n) is 3.16. The zero-order valence-electron chi connectivity index (χ0n) is 11.1. The van der Waals surface area contributed by atoms with Crippen LogP contribution < -0.4 is 15.2 Å². The molecule has 2 aromatic carbocycles. The van der Waals surface area contributed by atoms with Gasteiger partial charge in [0, 0.05) is 16.6 Å². The summed E-state index contributed by atoms with van der Waals surface area (Å²) in [6.07, 6.45) is 0. The predicted octanol–water partition coefficient (Wildman–Crippen LogP) is 4.07. The van der Waals surface area contributed by atoms with Crippen LogP contribution in [0.1, 0.15) is 5.56 Å². The first-order chi connectivity index (χ1) is 9.78. The van der Waals surface area contributed by atoms with Gasteiger partial charge in [-0.3, -0.25) is 0 Å². The Morgan fingerprint density at radius 3 is 2.55 bits per heavy atom. The Bertz CT molecular complexity index is 719. The summed E-state index contributed by atoms with van der Waals surface area (Å²) in [7, 11) is 1.65. The fourth-order valence-corrected chi connectivity index (χ4v) is 3.06. The highest BCUT2D eigenvalue weighted by molar-refractivity contribution is 7.18. The fraction of sp³-hybridized carbons (Fsp3) is 0.125. The molecule has 0 amide bonds. The third-order valence-corrected chi connectivity index (χ3v) is 4.26. The van der Waals surface area contributed by atoms with Crippen molar-refractivity contribution in [1.29, 1.82) is 0 Å². The zero-order chi connectivity index (χ0) is 13.9. The molecule has 1 heterocycles. The van der Waals surface area contributed by atoms with E-state index in [4.69, 9.17) is 15.2 Å². The second-order valence-electron chi connectivity index (χ2n) is 4.45. The summed E-state index contributed by atoms with van der Waals surface area (Å²) in [6.45, 7) is 0.537. The number of anilines is 1. The molecule has 0 radical (unpaired) electrons. The molecule has 0 bridgehead atoms. The molecule has 1 aromatic heterocycles. The summed E-state index contributed by atoms with van der Waals surface area (Å²) in [5.41, 5.74) is 7.95. The van der Waals surface area contributed by atoms with Crippen molar-refractivity contribution in [1.82, 2.24) is 0 Å². The molecule has 0 aliphatic rings. The van der Waals surface area contributed by atoms with E-state index in [0.29, 0.717) is 6.61 Å². The number of fused-ring (bicyclic) bond motifs is 1. The molecule has 0 saturated heterocycles. The normalized spacial score (nSPS) is 10.7. The second kappa shape index (κ2) is 5.43. The van der Waals surface area contributed by atoms with Gasteiger partial charge in [0.15, 0.2) is 0 Å². The molecule has 0 fully saturated rings. The number of rotatable bonds is 4. The zero-order valence-corrected chi connectivity index (χ0v) is 11.9. The minimum atomic E-state index is 0.537. The van der Waals surface area contributed by atoms with Crippen LogP contribution in [0.5, 0.6) is 11.5 Å². The lowest BCUT2D eigenvalue weighted by Crippen LogP contribution is -1.94. The number of ether oxygens (including phenoxy) is 2. The van der Waals surface area contributed by atoms with E-state index in [1.165, 1.54) is 5.39 Å².